The Labute approximate surface area is 116 Å². The molecule has 100 valence electrons. The van der Waals surface area contributed by atoms with Gasteiger partial charge < -0.3 is 10.8 Å². The highest BCUT2D eigenvalue weighted by molar-refractivity contribution is 6.30. The Morgan fingerprint density at radius 2 is 2.00 bits per heavy atom. The first kappa shape index (κ1) is 13.7. The number of nitrogens with two attached hydrogens (primary N) is 1. The van der Waals surface area contributed by atoms with Gasteiger partial charge in [-0.3, -0.25) is 0 Å². The number of aromatic nitrogens is 3. The Hall–Kier alpha value is -1.69. The van der Waals surface area contributed by atoms with Crippen molar-refractivity contribution in [3.8, 4) is 0 Å². The summed E-state index contributed by atoms with van der Waals surface area (Å²) >= 11 is 5.83. The SMILES string of the molecule is NCc1nnn(CCO)c1/C=C/c1ccc(Cl)cc1. The fourth-order valence-corrected chi connectivity index (χ4v) is 1.82. The van der Waals surface area contributed by atoms with E-state index in [4.69, 9.17) is 22.4 Å². The van der Waals surface area contributed by atoms with Gasteiger partial charge in [0, 0.05) is 11.6 Å². The van der Waals surface area contributed by atoms with E-state index in [1.54, 1.807) is 4.68 Å². The van der Waals surface area contributed by atoms with Crippen molar-refractivity contribution in [2.45, 2.75) is 13.1 Å². The third-order valence-electron chi connectivity index (χ3n) is 2.66. The van der Waals surface area contributed by atoms with Crippen LogP contribution in [0.4, 0.5) is 0 Å². The second-order valence-corrected chi connectivity index (χ2v) is 4.39. The molecule has 0 unspecified atom stereocenters. The van der Waals surface area contributed by atoms with Crippen molar-refractivity contribution in [1.82, 2.24) is 15.0 Å². The molecule has 1 aromatic heterocycles. The topological polar surface area (TPSA) is 77.0 Å². The predicted octanol–water partition coefficient (Wildman–Crippen LogP) is 1.55. The second kappa shape index (κ2) is 6.47. The molecule has 2 rings (SSSR count). The van der Waals surface area contributed by atoms with E-state index in [0.29, 0.717) is 23.8 Å². The lowest BCUT2D eigenvalue weighted by Gasteiger charge is -2.01. The third kappa shape index (κ3) is 3.41. The summed E-state index contributed by atoms with van der Waals surface area (Å²) in [6.07, 6.45) is 3.82. The lowest BCUT2D eigenvalue weighted by atomic mass is 10.2. The summed E-state index contributed by atoms with van der Waals surface area (Å²) in [5.74, 6) is 0. The van der Waals surface area contributed by atoms with Crippen LogP contribution in [0.5, 0.6) is 0 Å². The fraction of sp³-hybridized carbons (Fsp3) is 0.231. The summed E-state index contributed by atoms with van der Waals surface area (Å²) < 4.78 is 1.63. The minimum absolute atomic E-state index is 0.00908. The maximum atomic E-state index is 8.98. The maximum Gasteiger partial charge on any atom is 0.104 e. The van der Waals surface area contributed by atoms with Gasteiger partial charge >= 0.3 is 0 Å². The van der Waals surface area contributed by atoms with Crippen molar-refractivity contribution < 1.29 is 5.11 Å². The monoisotopic (exact) mass is 278 g/mol. The summed E-state index contributed by atoms with van der Waals surface area (Å²) in [7, 11) is 0. The number of hydrogen-bond acceptors (Lipinski definition) is 4. The molecular formula is C13H15ClN4O. The minimum atomic E-state index is 0.00908. The van der Waals surface area contributed by atoms with Crippen LogP contribution in [0, 0.1) is 0 Å². The standard InChI is InChI=1S/C13H15ClN4O/c14-11-4-1-10(2-5-11)3-6-13-12(9-15)16-17-18(13)7-8-19/h1-6,19H,7-9,15H2/b6-3+. The molecule has 0 spiro atoms. The van der Waals surface area contributed by atoms with E-state index in [0.717, 1.165) is 11.3 Å². The van der Waals surface area contributed by atoms with Gasteiger partial charge in [-0.15, -0.1) is 5.10 Å². The van der Waals surface area contributed by atoms with E-state index in [2.05, 4.69) is 10.3 Å². The number of halogens is 1. The molecular weight excluding hydrogens is 264 g/mol. The van der Waals surface area contributed by atoms with Gasteiger partial charge in [0.05, 0.1) is 18.8 Å². The van der Waals surface area contributed by atoms with Gasteiger partial charge in [0.25, 0.3) is 0 Å². The molecule has 5 nitrogen and oxygen atoms in total. The van der Waals surface area contributed by atoms with Gasteiger partial charge in [-0.25, -0.2) is 4.68 Å². The molecule has 0 bridgehead atoms. The van der Waals surface area contributed by atoms with Gasteiger partial charge in [0.2, 0.25) is 0 Å². The number of aliphatic hydroxyl groups excluding tert-OH is 1. The summed E-state index contributed by atoms with van der Waals surface area (Å²) in [5.41, 5.74) is 8.16. The molecule has 0 radical (unpaired) electrons. The van der Waals surface area contributed by atoms with Crippen LogP contribution in [0.2, 0.25) is 5.02 Å². The Morgan fingerprint density at radius 1 is 1.26 bits per heavy atom. The first-order valence-electron chi connectivity index (χ1n) is 5.91. The second-order valence-electron chi connectivity index (χ2n) is 3.96. The zero-order valence-corrected chi connectivity index (χ0v) is 11.1. The fourth-order valence-electron chi connectivity index (χ4n) is 1.69. The zero-order chi connectivity index (χ0) is 13.7. The molecule has 0 saturated carbocycles. The van der Waals surface area contributed by atoms with Crippen LogP contribution in [0.25, 0.3) is 12.2 Å². The lowest BCUT2D eigenvalue weighted by molar-refractivity contribution is 0.267. The minimum Gasteiger partial charge on any atom is -0.394 e. The molecule has 0 aliphatic carbocycles. The van der Waals surface area contributed by atoms with Gasteiger partial charge in [0.1, 0.15) is 5.69 Å². The van der Waals surface area contributed by atoms with Crippen LogP contribution in [0.15, 0.2) is 24.3 Å². The van der Waals surface area contributed by atoms with Crippen LogP contribution in [-0.2, 0) is 13.1 Å². The number of aliphatic hydroxyl groups is 1. The van der Waals surface area contributed by atoms with Crippen molar-refractivity contribution in [3.63, 3.8) is 0 Å². The molecule has 6 heteroatoms. The summed E-state index contributed by atoms with van der Waals surface area (Å²) in [6, 6.07) is 7.49. The van der Waals surface area contributed by atoms with Crippen molar-refractivity contribution in [2.24, 2.45) is 5.73 Å². The lowest BCUT2D eigenvalue weighted by Crippen LogP contribution is -2.07. The number of nitrogens with zero attached hydrogens (tertiary/aromatic N) is 3. The molecule has 3 N–H and O–H groups in total. The maximum absolute atomic E-state index is 8.98. The Balaban J connectivity index is 2.26. The molecule has 2 aromatic rings. The van der Waals surface area contributed by atoms with Crippen LogP contribution >= 0.6 is 11.6 Å². The van der Waals surface area contributed by atoms with E-state index in [1.807, 2.05) is 36.4 Å². The zero-order valence-electron chi connectivity index (χ0n) is 10.3. The number of hydrogen-bond donors (Lipinski definition) is 2. The number of benzene rings is 1. The van der Waals surface area contributed by atoms with Gasteiger partial charge in [-0.05, 0) is 23.8 Å². The molecule has 19 heavy (non-hydrogen) atoms. The molecule has 1 heterocycles. The van der Waals surface area contributed by atoms with Crippen molar-refractivity contribution in [1.29, 1.82) is 0 Å². The molecule has 0 saturated heterocycles. The van der Waals surface area contributed by atoms with E-state index >= 15 is 0 Å². The Kier molecular flexibility index (Phi) is 4.68. The molecule has 0 fully saturated rings. The number of rotatable bonds is 5. The smallest absolute Gasteiger partial charge is 0.104 e. The van der Waals surface area contributed by atoms with Crippen LogP contribution in [0.3, 0.4) is 0 Å². The van der Waals surface area contributed by atoms with Crippen molar-refractivity contribution >= 4 is 23.8 Å². The molecule has 0 amide bonds. The third-order valence-corrected chi connectivity index (χ3v) is 2.91. The molecule has 0 aliphatic heterocycles. The summed E-state index contributed by atoms with van der Waals surface area (Å²) in [6.45, 7) is 0.716. The van der Waals surface area contributed by atoms with Crippen molar-refractivity contribution in [3.05, 3.63) is 46.2 Å². The van der Waals surface area contributed by atoms with Crippen LogP contribution < -0.4 is 5.73 Å². The molecule has 0 atom stereocenters. The molecule has 1 aromatic carbocycles. The van der Waals surface area contributed by atoms with Crippen molar-refractivity contribution in [2.75, 3.05) is 6.61 Å². The molecule has 0 aliphatic rings. The first-order valence-corrected chi connectivity index (χ1v) is 6.29. The van der Waals surface area contributed by atoms with E-state index in [1.165, 1.54) is 0 Å². The predicted molar refractivity (Wildman–Crippen MR) is 75.4 cm³/mol. The van der Waals surface area contributed by atoms with Crippen LogP contribution in [-0.4, -0.2) is 26.7 Å². The summed E-state index contributed by atoms with van der Waals surface area (Å²) in [4.78, 5) is 0. The average molecular weight is 279 g/mol. The highest BCUT2D eigenvalue weighted by Crippen LogP contribution is 2.14. The normalized spacial score (nSPS) is 11.3. The van der Waals surface area contributed by atoms with Gasteiger partial charge in [0.15, 0.2) is 0 Å². The average Bonchev–Trinajstić information content (AvgIpc) is 2.81. The van der Waals surface area contributed by atoms with E-state index < -0.39 is 0 Å². The van der Waals surface area contributed by atoms with Gasteiger partial charge in [-0.1, -0.05) is 35.0 Å². The largest absolute Gasteiger partial charge is 0.394 e. The Bertz CT molecular complexity index is 563. The Morgan fingerprint density at radius 3 is 2.63 bits per heavy atom. The van der Waals surface area contributed by atoms with E-state index in [9.17, 15) is 0 Å². The highest BCUT2D eigenvalue weighted by atomic mass is 35.5. The van der Waals surface area contributed by atoms with E-state index in [-0.39, 0.29) is 6.61 Å². The quantitative estimate of drug-likeness (QED) is 0.870. The van der Waals surface area contributed by atoms with Crippen LogP contribution in [0.1, 0.15) is 17.0 Å². The first-order chi connectivity index (χ1) is 9.24. The highest BCUT2D eigenvalue weighted by Gasteiger charge is 2.07. The van der Waals surface area contributed by atoms with Gasteiger partial charge in [-0.2, -0.15) is 0 Å². The summed E-state index contributed by atoms with van der Waals surface area (Å²) in [5, 5.41) is 17.6.